The Morgan fingerprint density at radius 3 is 2.53 bits per heavy atom. The second-order valence-electron chi connectivity index (χ2n) is 6.40. The fourth-order valence-corrected chi connectivity index (χ4v) is 2.62. The van der Waals surface area contributed by atoms with Crippen LogP contribution in [-0.4, -0.2) is 25.3 Å². The molecule has 1 unspecified atom stereocenters. The van der Waals surface area contributed by atoms with Gasteiger partial charge in [0.05, 0.1) is 6.61 Å². The van der Waals surface area contributed by atoms with Gasteiger partial charge < -0.3 is 10.1 Å². The molecule has 1 N–H and O–H groups in total. The van der Waals surface area contributed by atoms with Crippen LogP contribution in [0, 0.1) is 11.3 Å². The first-order valence-electron chi connectivity index (χ1n) is 6.35. The molecule has 15 heavy (non-hydrogen) atoms. The van der Waals surface area contributed by atoms with Gasteiger partial charge in [0.1, 0.15) is 0 Å². The van der Waals surface area contributed by atoms with Gasteiger partial charge in [-0.05, 0) is 52.4 Å². The van der Waals surface area contributed by atoms with E-state index in [1.54, 1.807) is 0 Å². The summed E-state index contributed by atoms with van der Waals surface area (Å²) in [5.74, 6) is 0.938. The van der Waals surface area contributed by atoms with Gasteiger partial charge >= 0.3 is 0 Å². The van der Waals surface area contributed by atoms with Crippen molar-refractivity contribution in [3.8, 4) is 0 Å². The summed E-state index contributed by atoms with van der Waals surface area (Å²) >= 11 is 0. The van der Waals surface area contributed by atoms with Crippen molar-refractivity contribution in [2.24, 2.45) is 11.3 Å². The Balaban J connectivity index is 1.93. The van der Waals surface area contributed by atoms with Crippen LogP contribution in [0.1, 0.15) is 46.5 Å². The van der Waals surface area contributed by atoms with Gasteiger partial charge in [-0.25, -0.2) is 0 Å². The fourth-order valence-electron chi connectivity index (χ4n) is 2.62. The Morgan fingerprint density at radius 2 is 2.07 bits per heavy atom. The van der Waals surface area contributed by atoms with E-state index >= 15 is 0 Å². The molecule has 0 amide bonds. The lowest BCUT2D eigenvalue weighted by Crippen LogP contribution is -2.48. The highest BCUT2D eigenvalue weighted by atomic mass is 16.5. The van der Waals surface area contributed by atoms with Gasteiger partial charge in [0.25, 0.3) is 0 Å². The van der Waals surface area contributed by atoms with Crippen LogP contribution in [0.5, 0.6) is 0 Å². The van der Waals surface area contributed by atoms with E-state index in [-0.39, 0.29) is 5.54 Å². The molecule has 2 fully saturated rings. The van der Waals surface area contributed by atoms with Gasteiger partial charge in [-0.2, -0.15) is 0 Å². The molecule has 2 heteroatoms. The van der Waals surface area contributed by atoms with E-state index in [0.717, 1.165) is 25.7 Å². The first-order chi connectivity index (χ1) is 7.02. The molecule has 2 nitrogen and oxygen atoms in total. The summed E-state index contributed by atoms with van der Waals surface area (Å²) in [6.07, 6.45) is 5.47. The molecule has 0 aromatic carbocycles. The first kappa shape index (κ1) is 11.4. The molecule has 0 aromatic rings. The maximum absolute atomic E-state index is 5.71. The maximum Gasteiger partial charge on any atom is 0.0537 e. The van der Waals surface area contributed by atoms with Crippen LogP contribution in [-0.2, 0) is 4.74 Å². The zero-order chi connectivity index (χ0) is 10.9. The van der Waals surface area contributed by atoms with E-state index < -0.39 is 0 Å². The molecule has 0 bridgehead atoms. The molecule has 1 aliphatic heterocycles. The van der Waals surface area contributed by atoms with Crippen molar-refractivity contribution < 1.29 is 4.74 Å². The molecule has 1 aliphatic carbocycles. The van der Waals surface area contributed by atoms with Crippen molar-refractivity contribution >= 4 is 0 Å². The van der Waals surface area contributed by atoms with Crippen LogP contribution in [0.3, 0.4) is 0 Å². The van der Waals surface area contributed by atoms with E-state index in [0.29, 0.717) is 5.41 Å². The minimum Gasteiger partial charge on any atom is -0.381 e. The quantitative estimate of drug-likeness (QED) is 0.774. The van der Waals surface area contributed by atoms with Crippen LogP contribution < -0.4 is 5.32 Å². The van der Waals surface area contributed by atoms with Crippen molar-refractivity contribution in [1.29, 1.82) is 0 Å². The second-order valence-corrected chi connectivity index (χ2v) is 6.40. The van der Waals surface area contributed by atoms with Crippen molar-refractivity contribution in [2.75, 3.05) is 19.8 Å². The lowest BCUT2D eigenvalue weighted by Gasteiger charge is -2.39. The van der Waals surface area contributed by atoms with Gasteiger partial charge in [0.2, 0.25) is 0 Å². The number of rotatable bonds is 3. The highest BCUT2D eigenvalue weighted by Crippen LogP contribution is 2.49. The third kappa shape index (κ3) is 2.94. The number of nitrogens with one attached hydrogen (secondary N) is 1. The summed E-state index contributed by atoms with van der Waals surface area (Å²) in [6.45, 7) is 9.84. The smallest absolute Gasteiger partial charge is 0.0537 e. The Hall–Kier alpha value is -0.0800. The minimum absolute atomic E-state index is 0.235. The summed E-state index contributed by atoms with van der Waals surface area (Å²) in [7, 11) is 0. The summed E-state index contributed by atoms with van der Waals surface area (Å²) in [5.41, 5.74) is 0.699. The molecule has 1 atom stereocenters. The highest BCUT2D eigenvalue weighted by Gasteiger charge is 2.46. The predicted octanol–water partition coefficient (Wildman–Crippen LogP) is 2.58. The standard InChI is InChI=1S/C13H25NO/c1-12(2,3)14-9-13(11-5-6-11)7-4-8-15-10-13/h11,14H,4-10H2,1-3H3. The van der Waals surface area contributed by atoms with Gasteiger partial charge in [-0.1, -0.05) is 0 Å². The SMILES string of the molecule is CC(C)(C)NCC1(C2CC2)CCCOC1. The topological polar surface area (TPSA) is 21.3 Å². The molecule has 88 valence electrons. The van der Waals surface area contributed by atoms with Gasteiger partial charge in [-0.15, -0.1) is 0 Å². The fraction of sp³-hybridized carbons (Fsp3) is 1.00. The van der Waals surface area contributed by atoms with E-state index in [2.05, 4.69) is 26.1 Å². The predicted molar refractivity (Wildman–Crippen MR) is 63.0 cm³/mol. The molecule has 1 saturated carbocycles. The third-order valence-corrected chi connectivity index (χ3v) is 3.77. The molecule has 1 saturated heterocycles. The Labute approximate surface area is 93.8 Å². The zero-order valence-corrected chi connectivity index (χ0v) is 10.4. The lowest BCUT2D eigenvalue weighted by atomic mass is 9.77. The van der Waals surface area contributed by atoms with E-state index in [1.165, 1.54) is 25.7 Å². The molecule has 0 spiro atoms. The molecular weight excluding hydrogens is 186 g/mol. The highest BCUT2D eigenvalue weighted by molar-refractivity contribution is 4.97. The van der Waals surface area contributed by atoms with Crippen LogP contribution in [0.25, 0.3) is 0 Å². The maximum atomic E-state index is 5.71. The van der Waals surface area contributed by atoms with E-state index in [9.17, 15) is 0 Å². The largest absolute Gasteiger partial charge is 0.381 e. The molecule has 0 radical (unpaired) electrons. The average Bonchev–Trinajstić information content (AvgIpc) is 2.99. The Morgan fingerprint density at radius 1 is 1.33 bits per heavy atom. The van der Waals surface area contributed by atoms with Gasteiger partial charge in [0.15, 0.2) is 0 Å². The van der Waals surface area contributed by atoms with Crippen LogP contribution in [0.2, 0.25) is 0 Å². The van der Waals surface area contributed by atoms with Crippen LogP contribution >= 0.6 is 0 Å². The molecular formula is C13H25NO. The molecule has 2 aliphatic rings. The summed E-state index contributed by atoms with van der Waals surface area (Å²) < 4.78 is 5.71. The van der Waals surface area contributed by atoms with Crippen LogP contribution in [0.4, 0.5) is 0 Å². The van der Waals surface area contributed by atoms with Crippen LogP contribution in [0.15, 0.2) is 0 Å². The van der Waals surface area contributed by atoms with Crippen molar-refractivity contribution in [2.45, 2.75) is 52.0 Å². The monoisotopic (exact) mass is 211 g/mol. The Kier molecular flexibility index (Phi) is 3.09. The number of ether oxygens (including phenoxy) is 1. The van der Waals surface area contributed by atoms with E-state index in [4.69, 9.17) is 4.74 Å². The zero-order valence-electron chi connectivity index (χ0n) is 10.4. The first-order valence-corrected chi connectivity index (χ1v) is 6.35. The minimum atomic E-state index is 0.235. The number of hydrogen-bond acceptors (Lipinski definition) is 2. The van der Waals surface area contributed by atoms with Crippen molar-refractivity contribution in [3.05, 3.63) is 0 Å². The summed E-state index contributed by atoms with van der Waals surface area (Å²) in [4.78, 5) is 0. The molecule has 0 aromatic heterocycles. The summed E-state index contributed by atoms with van der Waals surface area (Å²) in [5, 5.41) is 3.67. The second kappa shape index (κ2) is 4.06. The van der Waals surface area contributed by atoms with E-state index in [1.807, 2.05) is 0 Å². The lowest BCUT2D eigenvalue weighted by molar-refractivity contribution is -0.0228. The van der Waals surface area contributed by atoms with Crippen molar-refractivity contribution in [3.63, 3.8) is 0 Å². The van der Waals surface area contributed by atoms with Gasteiger partial charge in [-0.3, -0.25) is 0 Å². The third-order valence-electron chi connectivity index (χ3n) is 3.77. The summed E-state index contributed by atoms with van der Waals surface area (Å²) in [6, 6.07) is 0. The average molecular weight is 211 g/mol. The molecule has 2 rings (SSSR count). The Bertz CT molecular complexity index is 209. The number of hydrogen-bond donors (Lipinski definition) is 1. The van der Waals surface area contributed by atoms with Gasteiger partial charge in [0, 0.05) is 24.1 Å². The normalized spacial score (nSPS) is 33.0. The molecule has 1 heterocycles. The van der Waals surface area contributed by atoms with Crippen molar-refractivity contribution in [1.82, 2.24) is 5.32 Å².